The maximum atomic E-state index is 13.3. The van der Waals surface area contributed by atoms with Crippen LogP contribution in [0.4, 0.5) is 20.2 Å². The summed E-state index contributed by atoms with van der Waals surface area (Å²) in [5.41, 5.74) is 0.569. The lowest BCUT2D eigenvalue weighted by atomic mass is 10.1. The van der Waals surface area contributed by atoms with Crippen molar-refractivity contribution in [2.45, 2.75) is 13.0 Å². The quantitative estimate of drug-likeness (QED) is 0.631. The first kappa shape index (κ1) is 15.4. The first-order chi connectivity index (χ1) is 9.88. The summed E-state index contributed by atoms with van der Waals surface area (Å²) in [6, 6.07) is 7.25. The van der Waals surface area contributed by atoms with E-state index in [1.807, 2.05) is 0 Å². The molecule has 4 nitrogen and oxygen atoms in total. The Morgan fingerprint density at radius 2 is 1.95 bits per heavy atom. The van der Waals surface area contributed by atoms with Gasteiger partial charge in [-0.2, -0.15) is 0 Å². The Hall–Kier alpha value is -2.02. The number of hydrogen-bond donors (Lipinski definition) is 1. The van der Waals surface area contributed by atoms with E-state index in [0.29, 0.717) is 10.0 Å². The third-order valence-electron chi connectivity index (χ3n) is 2.97. The summed E-state index contributed by atoms with van der Waals surface area (Å²) in [7, 11) is 0. The van der Waals surface area contributed by atoms with E-state index in [1.54, 1.807) is 19.1 Å². The largest absolute Gasteiger partial charge is 0.373 e. The average molecular weight is 357 g/mol. The summed E-state index contributed by atoms with van der Waals surface area (Å²) in [5, 5.41) is 13.8. The molecule has 1 atom stereocenters. The number of nitro groups is 1. The minimum absolute atomic E-state index is 0.0768. The Balaban J connectivity index is 2.30. The number of halogens is 3. The molecule has 0 bridgehead atoms. The lowest BCUT2D eigenvalue weighted by molar-refractivity contribution is -0.384. The van der Waals surface area contributed by atoms with Crippen molar-refractivity contribution in [2.24, 2.45) is 0 Å². The Labute approximate surface area is 128 Å². The highest BCUT2D eigenvalue weighted by molar-refractivity contribution is 9.10. The zero-order valence-electron chi connectivity index (χ0n) is 10.9. The molecule has 1 unspecified atom stereocenters. The number of rotatable bonds is 4. The van der Waals surface area contributed by atoms with E-state index < -0.39 is 16.6 Å². The molecule has 0 spiro atoms. The van der Waals surface area contributed by atoms with Crippen LogP contribution in [0.2, 0.25) is 0 Å². The van der Waals surface area contributed by atoms with Crippen molar-refractivity contribution in [3.63, 3.8) is 0 Å². The van der Waals surface area contributed by atoms with E-state index in [9.17, 15) is 18.9 Å². The highest BCUT2D eigenvalue weighted by Gasteiger charge is 2.17. The molecule has 110 valence electrons. The molecular weight excluding hydrogens is 346 g/mol. The van der Waals surface area contributed by atoms with Crippen LogP contribution in [0.3, 0.4) is 0 Å². The van der Waals surface area contributed by atoms with Crippen molar-refractivity contribution in [2.75, 3.05) is 5.32 Å². The fourth-order valence-corrected chi connectivity index (χ4v) is 2.28. The van der Waals surface area contributed by atoms with Gasteiger partial charge in [-0.1, -0.05) is 6.07 Å². The van der Waals surface area contributed by atoms with Crippen molar-refractivity contribution in [3.05, 3.63) is 68.2 Å². The van der Waals surface area contributed by atoms with Crippen molar-refractivity contribution < 1.29 is 13.7 Å². The lowest BCUT2D eigenvalue weighted by Crippen LogP contribution is -2.09. The summed E-state index contributed by atoms with van der Waals surface area (Å²) in [6.45, 7) is 1.74. The minimum atomic E-state index is -0.588. The van der Waals surface area contributed by atoms with Gasteiger partial charge < -0.3 is 5.32 Å². The molecule has 0 amide bonds. The number of anilines is 1. The summed E-state index contributed by atoms with van der Waals surface area (Å²) in [6.07, 6.45) is 0. The number of hydrogen-bond acceptors (Lipinski definition) is 3. The summed E-state index contributed by atoms with van der Waals surface area (Å²) >= 11 is 3.08. The number of nitrogens with zero attached hydrogens (tertiary/aromatic N) is 1. The topological polar surface area (TPSA) is 55.2 Å². The van der Waals surface area contributed by atoms with Crippen molar-refractivity contribution >= 4 is 27.3 Å². The molecule has 0 saturated heterocycles. The van der Waals surface area contributed by atoms with E-state index in [0.717, 1.165) is 18.2 Å². The monoisotopic (exact) mass is 356 g/mol. The maximum Gasteiger partial charge on any atom is 0.292 e. The molecule has 2 aromatic rings. The highest BCUT2D eigenvalue weighted by atomic mass is 79.9. The van der Waals surface area contributed by atoms with Gasteiger partial charge in [0.05, 0.1) is 9.40 Å². The van der Waals surface area contributed by atoms with Gasteiger partial charge in [-0.25, -0.2) is 8.78 Å². The minimum Gasteiger partial charge on any atom is -0.373 e. The van der Waals surface area contributed by atoms with Crippen LogP contribution >= 0.6 is 15.9 Å². The van der Waals surface area contributed by atoms with Crippen LogP contribution in [0.25, 0.3) is 0 Å². The number of benzene rings is 2. The third kappa shape index (κ3) is 3.55. The predicted molar refractivity (Wildman–Crippen MR) is 79.2 cm³/mol. The van der Waals surface area contributed by atoms with E-state index in [-0.39, 0.29) is 17.4 Å². The van der Waals surface area contributed by atoms with E-state index in [2.05, 4.69) is 21.2 Å². The Bertz CT molecular complexity index is 695. The first-order valence-electron chi connectivity index (χ1n) is 6.04. The second kappa shape index (κ2) is 6.17. The van der Waals surface area contributed by atoms with Gasteiger partial charge in [0.15, 0.2) is 0 Å². The summed E-state index contributed by atoms with van der Waals surface area (Å²) in [4.78, 5) is 10.3. The molecule has 2 aromatic carbocycles. The molecule has 1 N–H and O–H groups in total. The third-order valence-corrected chi connectivity index (χ3v) is 3.58. The van der Waals surface area contributed by atoms with Gasteiger partial charge in [-0.3, -0.25) is 10.1 Å². The van der Waals surface area contributed by atoms with Gasteiger partial charge >= 0.3 is 0 Å². The molecule has 0 heterocycles. The molecule has 0 aromatic heterocycles. The smallest absolute Gasteiger partial charge is 0.292 e. The van der Waals surface area contributed by atoms with Crippen LogP contribution in [0.1, 0.15) is 18.5 Å². The maximum absolute atomic E-state index is 13.3. The van der Waals surface area contributed by atoms with Crippen LogP contribution in [0.5, 0.6) is 0 Å². The normalized spacial score (nSPS) is 12.0. The van der Waals surface area contributed by atoms with Crippen LogP contribution in [-0.2, 0) is 0 Å². The molecule has 0 radical (unpaired) electrons. The molecule has 0 aliphatic heterocycles. The highest BCUT2D eigenvalue weighted by Crippen LogP contribution is 2.30. The Morgan fingerprint density at radius 3 is 2.57 bits per heavy atom. The zero-order valence-corrected chi connectivity index (χ0v) is 12.5. The van der Waals surface area contributed by atoms with Crippen molar-refractivity contribution in [1.82, 2.24) is 0 Å². The van der Waals surface area contributed by atoms with Crippen LogP contribution < -0.4 is 5.32 Å². The zero-order chi connectivity index (χ0) is 15.6. The van der Waals surface area contributed by atoms with Gasteiger partial charge in [0.2, 0.25) is 0 Å². The molecule has 0 fully saturated rings. The van der Waals surface area contributed by atoms with Crippen molar-refractivity contribution in [3.8, 4) is 0 Å². The van der Waals surface area contributed by atoms with Gasteiger partial charge in [-0.15, -0.1) is 0 Å². The van der Waals surface area contributed by atoms with Gasteiger partial charge in [0.25, 0.3) is 5.69 Å². The van der Waals surface area contributed by atoms with E-state index in [4.69, 9.17) is 0 Å². The molecular formula is C14H11BrF2N2O2. The first-order valence-corrected chi connectivity index (χ1v) is 6.83. The van der Waals surface area contributed by atoms with Crippen LogP contribution in [-0.4, -0.2) is 4.92 Å². The number of nitro benzene ring substituents is 1. The second-order valence-corrected chi connectivity index (χ2v) is 5.31. The lowest BCUT2D eigenvalue weighted by Gasteiger charge is -2.16. The van der Waals surface area contributed by atoms with Gasteiger partial charge in [-0.05, 0) is 46.6 Å². The molecule has 0 aliphatic carbocycles. The Kier molecular flexibility index (Phi) is 4.52. The SMILES string of the molecule is CC(Nc1cc(F)ccc1[N+](=O)[O-])c1ccc(F)c(Br)c1. The predicted octanol–water partition coefficient (Wildman–Crippen LogP) is 4.81. The van der Waals surface area contributed by atoms with E-state index >= 15 is 0 Å². The van der Waals surface area contributed by atoms with Gasteiger partial charge in [0, 0.05) is 18.2 Å². The fourth-order valence-electron chi connectivity index (χ4n) is 1.88. The average Bonchev–Trinajstić information content (AvgIpc) is 2.41. The van der Waals surface area contributed by atoms with Crippen molar-refractivity contribution in [1.29, 1.82) is 0 Å². The molecule has 0 aliphatic rings. The van der Waals surface area contributed by atoms with Crippen LogP contribution in [0.15, 0.2) is 40.9 Å². The summed E-state index contributed by atoms with van der Waals surface area (Å²) in [5.74, 6) is -0.974. The van der Waals surface area contributed by atoms with Gasteiger partial charge in [0.1, 0.15) is 17.3 Å². The standard InChI is InChI=1S/C14H11BrF2N2O2/c1-8(9-2-4-12(17)11(15)6-9)18-13-7-10(16)3-5-14(13)19(20)21/h2-8,18H,1H3. The molecule has 21 heavy (non-hydrogen) atoms. The Morgan fingerprint density at radius 1 is 1.24 bits per heavy atom. The molecule has 2 rings (SSSR count). The van der Waals surface area contributed by atoms with E-state index in [1.165, 1.54) is 6.07 Å². The fraction of sp³-hybridized carbons (Fsp3) is 0.143. The summed E-state index contributed by atoms with van der Waals surface area (Å²) < 4.78 is 26.8. The second-order valence-electron chi connectivity index (χ2n) is 4.46. The van der Waals surface area contributed by atoms with Crippen LogP contribution in [0, 0.1) is 21.7 Å². The molecule has 0 saturated carbocycles. The number of nitrogens with one attached hydrogen (secondary N) is 1. The molecule has 7 heteroatoms.